The summed E-state index contributed by atoms with van der Waals surface area (Å²) in [5.41, 5.74) is 2.91. The van der Waals surface area contributed by atoms with Crippen molar-refractivity contribution in [1.82, 2.24) is 9.47 Å². The van der Waals surface area contributed by atoms with Crippen LogP contribution in [0.4, 0.5) is 4.39 Å². The molecule has 2 heterocycles. The maximum atomic E-state index is 13.7. The molecule has 5 heteroatoms. The maximum Gasteiger partial charge on any atom is 0.254 e. The average Bonchev–Trinajstić information content (AvgIpc) is 2.80. The number of ether oxygens (including phenoxy) is 1. The number of pyridine rings is 1. The fraction of sp³-hybridized carbons (Fsp3) is 0.346. The van der Waals surface area contributed by atoms with Crippen LogP contribution in [0.25, 0.3) is 0 Å². The minimum Gasteiger partial charge on any atom is -0.489 e. The second-order valence-corrected chi connectivity index (χ2v) is 8.18. The Hall–Kier alpha value is -2.92. The molecule has 2 aromatic carbocycles. The van der Waals surface area contributed by atoms with Gasteiger partial charge in [0.05, 0.1) is 0 Å². The molecule has 31 heavy (non-hydrogen) atoms. The predicted octanol–water partition coefficient (Wildman–Crippen LogP) is 4.80. The van der Waals surface area contributed by atoms with Gasteiger partial charge in [0.1, 0.15) is 18.2 Å². The van der Waals surface area contributed by atoms with Crippen LogP contribution in [0.2, 0.25) is 0 Å². The molecule has 1 saturated heterocycles. The molecule has 3 aromatic rings. The summed E-state index contributed by atoms with van der Waals surface area (Å²) >= 11 is 0. The molecular weight excluding hydrogens is 391 g/mol. The van der Waals surface area contributed by atoms with Gasteiger partial charge in [0, 0.05) is 30.9 Å². The first-order chi connectivity index (χ1) is 15.2. The monoisotopic (exact) mass is 420 g/mol. The van der Waals surface area contributed by atoms with Crippen LogP contribution in [-0.4, -0.2) is 22.6 Å². The van der Waals surface area contributed by atoms with Gasteiger partial charge in [-0.05, 0) is 55.6 Å². The predicted molar refractivity (Wildman–Crippen MR) is 121 cm³/mol. The van der Waals surface area contributed by atoms with E-state index < -0.39 is 0 Å². The molecule has 0 bridgehead atoms. The summed E-state index contributed by atoms with van der Waals surface area (Å²) in [6, 6.07) is 18.4. The summed E-state index contributed by atoms with van der Waals surface area (Å²) in [7, 11) is 0. The third-order valence-electron chi connectivity index (χ3n) is 5.84. The summed E-state index contributed by atoms with van der Waals surface area (Å²) in [5.74, 6) is 0.143. The Morgan fingerprint density at radius 2 is 1.65 bits per heavy atom. The van der Waals surface area contributed by atoms with E-state index in [1.807, 2.05) is 0 Å². The summed E-state index contributed by atoms with van der Waals surface area (Å²) in [6.07, 6.45) is 6.50. The van der Waals surface area contributed by atoms with Gasteiger partial charge < -0.3 is 9.30 Å². The number of aryl methyl sites for hydroxylation is 2. The van der Waals surface area contributed by atoms with Gasteiger partial charge >= 0.3 is 0 Å². The lowest BCUT2D eigenvalue weighted by Crippen LogP contribution is -2.29. The topological polar surface area (TPSA) is 34.5 Å². The Morgan fingerprint density at radius 1 is 0.903 bits per heavy atom. The van der Waals surface area contributed by atoms with E-state index in [1.54, 1.807) is 35.0 Å². The lowest BCUT2D eigenvalue weighted by Gasteiger charge is -2.26. The highest BCUT2D eigenvalue weighted by atomic mass is 19.1. The molecular formula is C26H29FN2O2. The molecule has 0 aliphatic carbocycles. The van der Waals surface area contributed by atoms with Crippen LogP contribution >= 0.6 is 0 Å². The largest absolute Gasteiger partial charge is 0.489 e. The fourth-order valence-electron chi connectivity index (χ4n) is 3.98. The number of likely N-dealkylation sites (tertiary alicyclic amines) is 1. The lowest BCUT2D eigenvalue weighted by atomic mass is 10.1. The number of aromatic nitrogens is 1. The quantitative estimate of drug-likeness (QED) is 0.525. The minimum absolute atomic E-state index is 0.0971. The first-order valence-electron chi connectivity index (χ1n) is 11.0. The van der Waals surface area contributed by atoms with E-state index in [4.69, 9.17) is 4.74 Å². The molecule has 162 valence electrons. The lowest BCUT2D eigenvalue weighted by molar-refractivity contribution is 0.221. The molecule has 0 radical (unpaired) electrons. The maximum absolute atomic E-state index is 13.7. The Balaban J connectivity index is 1.29. The van der Waals surface area contributed by atoms with Crippen LogP contribution in [0.15, 0.2) is 71.7 Å². The third-order valence-corrected chi connectivity index (χ3v) is 5.84. The van der Waals surface area contributed by atoms with Gasteiger partial charge in [0.2, 0.25) is 0 Å². The molecule has 0 N–H and O–H groups in total. The average molecular weight is 421 g/mol. The van der Waals surface area contributed by atoms with Crippen LogP contribution in [0.1, 0.15) is 36.0 Å². The van der Waals surface area contributed by atoms with Gasteiger partial charge in [-0.3, -0.25) is 9.69 Å². The molecule has 1 aliphatic rings. The van der Waals surface area contributed by atoms with Crippen molar-refractivity contribution in [3.8, 4) is 5.75 Å². The molecule has 1 aliphatic heterocycles. The van der Waals surface area contributed by atoms with Gasteiger partial charge in [-0.2, -0.15) is 0 Å². The molecule has 1 fully saturated rings. The van der Waals surface area contributed by atoms with E-state index in [-0.39, 0.29) is 18.0 Å². The standard InChI is InChI=1S/C26H29FN2O2/c27-25-7-3-2-6-23(25)20-31-24-13-17-29(26(30)18-24)16-12-21-8-10-22(11-9-21)19-28-14-4-1-5-15-28/h2-3,6-11,13,17-18H,1,4-5,12,14-16,19-20H2. The van der Waals surface area contributed by atoms with Crippen LogP contribution in [0, 0.1) is 5.82 Å². The number of rotatable bonds is 8. The number of nitrogens with zero attached hydrogens (tertiary/aromatic N) is 2. The number of piperidine rings is 1. The number of hydrogen-bond acceptors (Lipinski definition) is 3. The van der Waals surface area contributed by atoms with Crippen molar-refractivity contribution < 1.29 is 9.13 Å². The van der Waals surface area contributed by atoms with Crippen molar-refractivity contribution in [3.05, 3.63) is 99.7 Å². The molecule has 0 amide bonds. The number of benzene rings is 2. The summed E-state index contributed by atoms with van der Waals surface area (Å²) < 4.78 is 21.0. The van der Waals surface area contributed by atoms with Crippen molar-refractivity contribution in [2.45, 2.75) is 45.4 Å². The fourth-order valence-corrected chi connectivity index (χ4v) is 3.98. The van der Waals surface area contributed by atoms with Crippen LogP contribution in [-0.2, 0) is 26.1 Å². The van der Waals surface area contributed by atoms with Crippen LogP contribution < -0.4 is 10.3 Å². The van der Waals surface area contributed by atoms with Crippen molar-refractivity contribution in [3.63, 3.8) is 0 Å². The highest BCUT2D eigenvalue weighted by Gasteiger charge is 2.10. The molecule has 4 rings (SSSR count). The zero-order chi connectivity index (χ0) is 21.5. The Kier molecular flexibility index (Phi) is 7.15. The number of halogens is 1. The van der Waals surface area contributed by atoms with Gasteiger partial charge in [-0.1, -0.05) is 48.9 Å². The molecule has 0 spiro atoms. The Morgan fingerprint density at radius 3 is 2.39 bits per heavy atom. The van der Waals surface area contributed by atoms with Crippen molar-refractivity contribution in [1.29, 1.82) is 0 Å². The SMILES string of the molecule is O=c1cc(OCc2ccccc2F)ccn1CCc1ccc(CN2CCCCC2)cc1. The van der Waals surface area contributed by atoms with Crippen molar-refractivity contribution in [2.75, 3.05) is 13.1 Å². The molecule has 1 aromatic heterocycles. The summed E-state index contributed by atoms with van der Waals surface area (Å²) in [4.78, 5) is 14.9. The molecule has 4 nitrogen and oxygen atoms in total. The molecule has 0 atom stereocenters. The van der Waals surface area contributed by atoms with E-state index in [1.165, 1.54) is 55.6 Å². The van der Waals surface area contributed by atoms with E-state index >= 15 is 0 Å². The van der Waals surface area contributed by atoms with E-state index in [0.717, 1.165) is 13.0 Å². The Bertz CT molecular complexity index is 1040. The third kappa shape index (κ3) is 6.05. The number of hydrogen-bond donors (Lipinski definition) is 0. The van der Waals surface area contributed by atoms with Gasteiger partial charge in [-0.15, -0.1) is 0 Å². The highest BCUT2D eigenvalue weighted by Crippen LogP contribution is 2.15. The molecule has 0 saturated carbocycles. The smallest absolute Gasteiger partial charge is 0.254 e. The zero-order valence-corrected chi connectivity index (χ0v) is 17.8. The van der Waals surface area contributed by atoms with Crippen LogP contribution in [0.5, 0.6) is 5.75 Å². The highest BCUT2D eigenvalue weighted by molar-refractivity contribution is 5.24. The van der Waals surface area contributed by atoms with E-state index in [0.29, 0.717) is 17.9 Å². The normalized spacial score (nSPS) is 14.5. The van der Waals surface area contributed by atoms with E-state index in [2.05, 4.69) is 29.2 Å². The van der Waals surface area contributed by atoms with E-state index in [9.17, 15) is 9.18 Å². The van der Waals surface area contributed by atoms with Gasteiger partial charge in [0.25, 0.3) is 5.56 Å². The first kappa shape index (κ1) is 21.3. The molecule has 0 unspecified atom stereocenters. The van der Waals surface area contributed by atoms with Crippen molar-refractivity contribution >= 4 is 0 Å². The van der Waals surface area contributed by atoms with Gasteiger partial charge in [-0.25, -0.2) is 4.39 Å². The Labute approximate surface area is 182 Å². The first-order valence-corrected chi connectivity index (χ1v) is 11.0. The minimum atomic E-state index is -0.308. The summed E-state index contributed by atoms with van der Waals surface area (Å²) in [6.45, 7) is 4.13. The zero-order valence-electron chi connectivity index (χ0n) is 17.8. The summed E-state index contributed by atoms with van der Waals surface area (Å²) in [5, 5.41) is 0. The van der Waals surface area contributed by atoms with Crippen LogP contribution in [0.3, 0.4) is 0 Å². The second-order valence-electron chi connectivity index (χ2n) is 8.18. The van der Waals surface area contributed by atoms with Gasteiger partial charge in [0.15, 0.2) is 0 Å². The van der Waals surface area contributed by atoms with Crippen molar-refractivity contribution in [2.24, 2.45) is 0 Å². The second kappa shape index (κ2) is 10.4.